The minimum atomic E-state index is 0.308. The molecule has 1 saturated heterocycles. The molecule has 0 saturated carbocycles. The molecule has 1 fully saturated rings. The number of ether oxygens (including phenoxy) is 1. The lowest BCUT2D eigenvalue weighted by Crippen LogP contribution is -2.31. The normalized spacial score (nSPS) is 21.0. The second kappa shape index (κ2) is 7.28. The number of nitrogens with zero attached hydrogens (tertiary/aromatic N) is 1. The summed E-state index contributed by atoms with van der Waals surface area (Å²) in [6.07, 6.45) is 1.22. The lowest BCUT2D eigenvalue weighted by Gasteiger charge is -2.18. The van der Waals surface area contributed by atoms with Crippen LogP contribution in [-0.4, -0.2) is 37.2 Å². The largest absolute Gasteiger partial charge is 0.492 e. The molecule has 0 spiro atoms. The molecule has 21 heavy (non-hydrogen) atoms. The number of hydrogen-bond donors (Lipinski definition) is 1. The third kappa shape index (κ3) is 4.45. The van der Waals surface area contributed by atoms with E-state index in [1.165, 1.54) is 17.5 Å². The van der Waals surface area contributed by atoms with Crippen LogP contribution in [0.25, 0.3) is 0 Å². The Morgan fingerprint density at radius 2 is 2.10 bits per heavy atom. The highest BCUT2D eigenvalue weighted by atomic mass is 16.5. The summed E-state index contributed by atoms with van der Waals surface area (Å²) in [7, 11) is 0. The fourth-order valence-electron chi connectivity index (χ4n) is 3.17. The number of hydrogen-bond acceptors (Lipinski definition) is 3. The highest BCUT2D eigenvalue weighted by Crippen LogP contribution is 2.23. The van der Waals surface area contributed by atoms with E-state index in [0.29, 0.717) is 17.9 Å². The van der Waals surface area contributed by atoms with Crippen LogP contribution in [-0.2, 0) is 0 Å². The Morgan fingerprint density at radius 1 is 1.33 bits per heavy atom. The first-order valence-electron chi connectivity index (χ1n) is 8.18. The molecule has 1 heterocycles. The summed E-state index contributed by atoms with van der Waals surface area (Å²) in [5.74, 6) is 2.20. The summed E-state index contributed by atoms with van der Waals surface area (Å²) >= 11 is 0. The number of rotatable bonds is 6. The van der Waals surface area contributed by atoms with Crippen molar-refractivity contribution >= 4 is 0 Å². The molecule has 1 aromatic carbocycles. The molecule has 2 N–H and O–H groups in total. The van der Waals surface area contributed by atoms with Gasteiger partial charge in [-0.1, -0.05) is 19.9 Å². The van der Waals surface area contributed by atoms with Crippen LogP contribution in [0.3, 0.4) is 0 Å². The second-order valence-electron chi connectivity index (χ2n) is 6.73. The fourth-order valence-corrected chi connectivity index (χ4v) is 3.17. The molecular weight excluding hydrogens is 260 g/mol. The van der Waals surface area contributed by atoms with Crippen LogP contribution in [0.15, 0.2) is 18.2 Å². The molecule has 2 unspecified atom stereocenters. The molecule has 2 rings (SSSR count). The Hall–Kier alpha value is -1.06. The highest BCUT2D eigenvalue weighted by molar-refractivity contribution is 5.36. The van der Waals surface area contributed by atoms with Gasteiger partial charge in [0, 0.05) is 19.1 Å². The first kappa shape index (κ1) is 16.3. The van der Waals surface area contributed by atoms with Crippen molar-refractivity contribution in [1.82, 2.24) is 4.90 Å². The molecule has 3 heteroatoms. The topological polar surface area (TPSA) is 38.5 Å². The van der Waals surface area contributed by atoms with Crippen molar-refractivity contribution in [2.45, 2.75) is 46.1 Å². The minimum absolute atomic E-state index is 0.308. The summed E-state index contributed by atoms with van der Waals surface area (Å²) in [6, 6.07) is 6.75. The van der Waals surface area contributed by atoms with Gasteiger partial charge in [0.1, 0.15) is 12.4 Å². The molecule has 118 valence electrons. The van der Waals surface area contributed by atoms with Gasteiger partial charge in [-0.15, -0.1) is 0 Å². The van der Waals surface area contributed by atoms with E-state index in [-0.39, 0.29) is 0 Å². The highest BCUT2D eigenvalue weighted by Gasteiger charge is 2.24. The Kier molecular flexibility index (Phi) is 5.65. The van der Waals surface area contributed by atoms with Crippen molar-refractivity contribution in [2.75, 3.05) is 26.2 Å². The molecule has 1 aliphatic heterocycles. The van der Waals surface area contributed by atoms with Gasteiger partial charge in [-0.25, -0.2) is 0 Å². The van der Waals surface area contributed by atoms with Crippen molar-refractivity contribution < 1.29 is 4.74 Å². The first-order valence-corrected chi connectivity index (χ1v) is 8.18. The minimum Gasteiger partial charge on any atom is -0.492 e. The van der Waals surface area contributed by atoms with Gasteiger partial charge < -0.3 is 10.5 Å². The van der Waals surface area contributed by atoms with Crippen LogP contribution in [0.2, 0.25) is 0 Å². The summed E-state index contributed by atoms with van der Waals surface area (Å²) in [5.41, 5.74) is 8.70. The van der Waals surface area contributed by atoms with Crippen LogP contribution < -0.4 is 10.5 Å². The van der Waals surface area contributed by atoms with E-state index in [4.69, 9.17) is 10.5 Å². The molecule has 3 nitrogen and oxygen atoms in total. The molecule has 0 radical (unpaired) electrons. The van der Waals surface area contributed by atoms with Crippen LogP contribution in [0.1, 0.15) is 44.2 Å². The molecule has 0 aromatic heterocycles. The van der Waals surface area contributed by atoms with Crippen molar-refractivity contribution in [3.05, 3.63) is 29.3 Å². The van der Waals surface area contributed by atoms with Gasteiger partial charge in [0.25, 0.3) is 0 Å². The zero-order valence-corrected chi connectivity index (χ0v) is 13.9. The van der Waals surface area contributed by atoms with Crippen LogP contribution in [0.4, 0.5) is 0 Å². The quantitative estimate of drug-likeness (QED) is 0.874. The van der Waals surface area contributed by atoms with Gasteiger partial charge in [0.2, 0.25) is 0 Å². The SMILES string of the molecule is Cc1cc(OCCN2CCC(C(C)N)C2)ccc1C(C)C. The van der Waals surface area contributed by atoms with Crippen molar-refractivity contribution in [3.8, 4) is 5.75 Å². The summed E-state index contributed by atoms with van der Waals surface area (Å²) in [5, 5.41) is 0. The maximum absolute atomic E-state index is 5.98. The van der Waals surface area contributed by atoms with Gasteiger partial charge in [-0.2, -0.15) is 0 Å². The van der Waals surface area contributed by atoms with E-state index in [1.54, 1.807) is 0 Å². The monoisotopic (exact) mass is 290 g/mol. The third-order valence-electron chi connectivity index (χ3n) is 4.59. The summed E-state index contributed by atoms with van der Waals surface area (Å²) in [6.45, 7) is 12.8. The predicted octanol–water partition coefficient (Wildman–Crippen LogP) is 3.17. The van der Waals surface area contributed by atoms with E-state index in [9.17, 15) is 0 Å². The average Bonchev–Trinajstić information content (AvgIpc) is 2.87. The smallest absolute Gasteiger partial charge is 0.119 e. The number of aryl methyl sites for hydroxylation is 1. The first-order chi connectivity index (χ1) is 9.97. The molecular formula is C18H30N2O. The van der Waals surface area contributed by atoms with E-state index in [2.05, 4.69) is 50.8 Å². The van der Waals surface area contributed by atoms with Crippen molar-refractivity contribution in [3.63, 3.8) is 0 Å². The van der Waals surface area contributed by atoms with E-state index in [1.807, 2.05) is 0 Å². The Balaban J connectivity index is 1.78. The number of benzene rings is 1. The molecule has 1 aliphatic rings. The van der Waals surface area contributed by atoms with Gasteiger partial charge in [0.05, 0.1) is 0 Å². The maximum atomic E-state index is 5.98. The Bertz CT molecular complexity index is 457. The van der Waals surface area contributed by atoms with E-state index in [0.717, 1.165) is 32.0 Å². The lowest BCUT2D eigenvalue weighted by molar-refractivity contribution is 0.230. The van der Waals surface area contributed by atoms with Crippen LogP contribution in [0, 0.1) is 12.8 Å². The standard InChI is InChI=1S/C18H30N2O/c1-13(2)18-6-5-17(11-14(18)3)21-10-9-20-8-7-16(12-20)15(4)19/h5-6,11,13,15-16H,7-10,12,19H2,1-4H3. The summed E-state index contributed by atoms with van der Waals surface area (Å²) in [4.78, 5) is 2.46. The fraction of sp³-hybridized carbons (Fsp3) is 0.667. The van der Waals surface area contributed by atoms with Gasteiger partial charge in [-0.3, -0.25) is 4.90 Å². The van der Waals surface area contributed by atoms with Gasteiger partial charge in [-0.05, 0) is 61.9 Å². The van der Waals surface area contributed by atoms with Crippen LogP contribution in [0.5, 0.6) is 5.75 Å². The predicted molar refractivity (Wildman–Crippen MR) is 89.0 cm³/mol. The van der Waals surface area contributed by atoms with E-state index < -0.39 is 0 Å². The van der Waals surface area contributed by atoms with Gasteiger partial charge in [0.15, 0.2) is 0 Å². The third-order valence-corrected chi connectivity index (χ3v) is 4.59. The van der Waals surface area contributed by atoms with E-state index >= 15 is 0 Å². The molecule has 0 bridgehead atoms. The Labute approximate surface area is 129 Å². The maximum Gasteiger partial charge on any atom is 0.119 e. The number of likely N-dealkylation sites (tertiary alicyclic amines) is 1. The van der Waals surface area contributed by atoms with Crippen molar-refractivity contribution in [1.29, 1.82) is 0 Å². The lowest BCUT2D eigenvalue weighted by atomic mass is 9.98. The summed E-state index contributed by atoms with van der Waals surface area (Å²) < 4.78 is 5.91. The second-order valence-corrected chi connectivity index (χ2v) is 6.73. The van der Waals surface area contributed by atoms with Crippen LogP contribution >= 0.6 is 0 Å². The zero-order chi connectivity index (χ0) is 15.4. The van der Waals surface area contributed by atoms with Gasteiger partial charge >= 0.3 is 0 Å². The molecule has 2 atom stereocenters. The van der Waals surface area contributed by atoms with Crippen molar-refractivity contribution in [2.24, 2.45) is 11.7 Å². The Morgan fingerprint density at radius 3 is 2.67 bits per heavy atom. The zero-order valence-electron chi connectivity index (χ0n) is 13.9. The molecule has 1 aromatic rings. The molecule has 0 amide bonds. The average molecular weight is 290 g/mol. The number of nitrogens with two attached hydrogens (primary N) is 1. The molecule has 0 aliphatic carbocycles.